The van der Waals surface area contributed by atoms with E-state index in [1.165, 1.54) is 7.11 Å². The molecule has 1 aliphatic carbocycles. The Labute approximate surface area is 113 Å². The summed E-state index contributed by atoms with van der Waals surface area (Å²) in [5.74, 6) is 0.0516. The third kappa shape index (κ3) is 4.09. The molecule has 2 rings (SSSR count). The Hall–Kier alpha value is -1.84. The van der Waals surface area contributed by atoms with Crippen LogP contribution in [0, 0.1) is 5.92 Å². The van der Waals surface area contributed by atoms with Crippen LogP contribution in [0.3, 0.4) is 0 Å². The monoisotopic (exact) mass is 261 g/mol. The van der Waals surface area contributed by atoms with Gasteiger partial charge in [-0.05, 0) is 18.4 Å². The van der Waals surface area contributed by atoms with E-state index in [0.29, 0.717) is 13.1 Å². The van der Waals surface area contributed by atoms with E-state index in [4.69, 9.17) is 0 Å². The summed E-state index contributed by atoms with van der Waals surface area (Å²) in [5.41, 5.74) is 1.08. The molecule has 4 nitrogen and oxygen atoms in total. The summed E-state index contributed by atoms with van der Waals surface area (Å²) in [5, 5.41) is 0. The first kappa shape index (κ1) is 13.6. The summed E-state index contributed by atoms with van der Waals surface area (Å²) in [4.78, 5) is 25.2. The number of methoxy groups -OCH3 is 1. The number of carbonyl (C=O) groups excluding carboxylic acids is 2. The summed E-state index contributed by atoms with van der Waals surface area (Å²) < 4.78 is 4.63. The second kappa shape index (κ2) is 6.36. The summed E-state index contributed by atoms with van der Waals surface area (Å²) >= 11 is 0. The maximum Gasteiger partial charge on any atom is 0.307 e. The van der Waals surface area contributed by atoms with Crippen molar-refractivity contribution in [1.29, 1.82) is 0 Å². The van der Waals surface area contributed by atoms with Gasteiger partial charge in [0.1, 0.15) is 0 Å². The minimum Gasteiger partial charge on any atom is -0.469 e. The largest absolute Gasteiger partial charge is 0.469 e. The van der Waals surface area contributed by atoms with Crippen molar-refractivity contribution in [1.82, 2.24) is 4.90 Å². The zero-order chi connectivity index (χ0) is 13.7. The van der Waals surface area contributed by atoms with E-state index in [-0.39, 0.29) is 24.2 Å². The fourth-order valence-electron chi connectivity index (χ4n) is 1.99. The maximum absolute atomic E-state index is 12.2. The molecule has 1 saturated carbocycles. The molecule has 1 amide bonds. The molecule has 0 spiro atoms. The Morgan fingerprint density at radius 1 is 1.26 bits per heavy atom. The minimum absolute atomic E-state index is 0.160. The topological polar surface area (TPSA) is 46.6 Å². The zero-order valence-electron chi connectivity index (χ0n) is 11.2. The number of hydrogen-bond acceptors (Lipinski definition) is 3. The first-order chi connectivity index (χ1) is 9.20. The van der Waals surface area contributed by atoms with Crippen LogP contribution in [0.4, 0.5) is 0 Å². The van der Waals surface area contributed by atoms with Crippen molar-refractivity contribution in [3.8, 4) is 0 Å². The Bertz CT molecular complexity index is 440. The lowest BCUT2D eigenvalue weighted by atomic mass is 10.2. The van der Waals surface area contributed by atoms with Gasteiger partial charge in [-0.25, -0.2) is 0 Å². The van der Waals surface area contributed by atoms with Gasteiger partial charge in [0.25, 0.3) is 0 Å². The van der Waals surface area contributed by atoms with E-state index in [1.807, 2.05) is 30.3 Å². The fraction of sp³-hybridized carbons (Fsp3) is 0.467. The molecule has 0 aliphatic heterocycles. The van der Waals surface area contributed by atoms with Crippen molar-refractivity contribution in [3.05, 3.63) is 35.9 Å². The Morgan fingerprint density at radius 2 is 1.95 bits per heavy atom. The van der Waals surface area contributed by atoms with Gasteiger partial charge >= 0.3 is 5.97 Å². The van der Waals surface area contributed by atoms with Gasteiger partial charge in [0.05, 0.1) is 13.5 Å². The highest BCUT2D eigenvalue weighted by atomic mass is 16.5. The predicted molar refractivity (Wildman–Crippen MR) is 71.2 cm³/mol. The Balaban J connectivity index is 1.97. The van der Waals surface area contributed by atoms with Gasteiger partial charge < -0.3 is 9.64 Å². The van der Waals surface area contributed by atoms with Gasteiger partial charge in [0.15, 0.2) is 0 Å². The van der Waals surface area contributed by atoms with Crippen molar-refractivity contribution in [2.24, 2.45) is 5.92 Å². The normalized spacial score (nSPS) is 13.9. The van der Waals surface area contributed by atoms with E-state index >= 15 is 0 Å². The summed E-state index contributed by atoms with van der Waals surface area (Å²) in [6.07, 6.45) is 2.20. The number of benzene rings is 1. The molecule has 102 valence electrons. The summed E-state index contributed by atoms with van der Waals surface area (Å²) in [7, 11) is 1.37. The second-order valence-corrected chi connectivity index (χ2v) is 4.85. The smallest absolute Gasteiger partial charge is 0.307 e. The van der Waals surface area contributed by atoms with Crippen molar-refractivity contribution < 1.29 is 14.3 Å². The number of rotatable bonds is 6. The van der Waals surface area contributed by atoms with Crippen LogP contribution in [-0.2, 0) is 20.9 Å². The van der Waals surface area contributed by atoms with Crippen molar-refractivity contribution in [3.63, 3.8) is 0 Å². The zero-order valence-corrected chi connectivity index (χ0v) is 11.2. The van der Waals surface area contributed by atoms with Crippen LogP contribution in [0.25, 0.3) is 0 Å². The number of nitrogens with zero attached hydrogens (tertiary/aromatic N) is 1. The molecule has 0 unspecified atom stereocenters. The lowest BCUT2D eigenvalue weighted by Crippen LogP contribution is -2.33. The van der Waals surface area contributed by atoms with Crippen LogP contribution in [0.5, 0.6) is 0 Å². The maximum atomic E-state index is 12.2. The van der Waals surface area contributed by atoms with Gasteiger partial charge in [-0.3, -0.25) is 9.59 Å². The second-order valence-electron chi connectivity index (χ2n) is 4.85. The van der Waals surface area contributed by atoms with Gasteiger partial charge in [-0.2, -0.15) is 0 Å². The highest BCUT2D eigenvalue weighted by Crippen LogP contribution is 2.31. The van der Waals surface area contributed by atoms with Crippen LogP contribution in [0.15, 0.2) is 30.3 Å². The van der Waals surface area contributed by atoms with Crippen LogP contribution in [0.1, 0.15) is 24.8 Å². The number of ether oxygens (including phenoxy) is 1. The summed E-state index contributed by atoms with van der Waals surface area (Å²) in [6.45, 7) is 0.990. The third-order valence-corrected chi connectivity index (χ3v) is 3.27. The average molecular weight is 261 g/mol. The molecule has 0 heterocycles. The quantitative estimate of drug-likeness (QED) is 0.736. The third-order valence-electron chi connectivity index (χ3n) is 3.27. The number of esters is 1. The molecule has 0 bridgehead atoms. The van der Waals surface area contributed by atoms with E-state index in [9.17, 15) is 9.59 Å². The van der Waals surface area contributed by atoms with Gasteiger partial charge in [-0.1, -0.05) is 30.3 Å². The van der Waals surface area contributed by atoms with E-state index < -0.39 is 0 Å². The first-order valence-electron chi connectivity index (χ1n) is 6.60. The van der Waals surface area contributed by atoms with Gasteiger partial charge in [0.2, 0.25) is 5.91 Å². The van der Waals surface area contributed by atoms with Gasteiger partial charge in [0, 0.05) is 19.0 Å². The SMILES string of the molecule is COC(=O)CCN(Cc1ccccc1)C(=O)C1CC1. The summed E-state index contributed by atoms with van der Waals surface area (Å²) in [6, 6.07) is 9.84. The minimum atomic E-state index is -0.276. The molecule has 1 aromatic carbocycles. The van der Waals surface area contributed by atoms with E-state index in [0.717, 1.165) is 18.4 Å². The number of hydrogen-bond donors (Lipinski definition) is 0. The van der Waals surface area contributed by atoms with E-state index in [1.54, 1.807) is 4.90 Å². The molecular formula is C15H19NO3. The number of carbonyl (C=O) groups is 2. The standard InChI is InChI=1S/C15H19NO3/c1-19-14(17)9-10-16(15(18)13-7-8-13)11-12-5-3-2-4-6-12/h2-6,13H,7-11H2,1H3. The van der Waals surface area contributed by atoms with Crippen LogP contribution in [0.2, 0.25) is 0 Å². The molecule has 0 radical (unpaired) electrons. The molecule has 19 heavy (non-hydrogen) atoms. The average Bonchev–Trinajstić information content (AvgIpc) is 3.28. The molecular weight excluding hydrogens is 242 g/mol. The Kier molecular flexibility index (Phi) is 4.55. The molecule has 4 heteroatoms. The molecule has 1 aliphatic rings. The molecule has 0 N–H and O–H groups in total. The fourth-order valence-corrected chi connectivity index (χ4v) is 1.99. The molecule has 0 aromatic heterocycles. The van der Waals surface area contributed by atoms with Crippen LogP contribution in [-0.4, -0.2) is 30.4 Å². The lowest BCUT2D eigenvalue weighted by molar-refractivity contribution is -0.142. The lowest BCUT2D eigenvalue weighted by Gasteiger charge is -2.22. The molecule has 1 fully saturated rings. The molecule has 0 saturated heterocycles. The molecule has 1 aromatic rings. The Morgan fingerprint density at radius 3 is 2.53 bits per heavy atom. The van der Waals surface area contributed by atoms with Crippen LogP contribution >= 0.6 is 0 Å². The van der Waals surface area contributed by atoms with Crippen molar-refractivity contribution in [2.75, 3.05) is 13.7 Å². The predicted octanol–water partition coefficient (Wildman–Crippen LogP) is 1.99. The molecule has 0 atom stereocenters. The van der Waals surface area contributed by atoms with Crippen LogP contribution < -0.4 is 0 Å². The van der Waals surface area contributed by atoms with E-state index in [2.05, 4.69) is 4.74 Å². The first-order valence-corrected chi connectivity index (χ1v) is 6.60. The van der Waals surface area contributed by atoms with Crippen molar-refractivity contribution >= 4 is 11.9 Å². The number of amides is 1. The highest BCUT2D eigenvalue weighted by Gasteiger charge is 2.33. The highest BCUT2D eigenvalue weighted by molar-refractivity contribution is 5.81. The van der Waals surface area contributed by atoms with Crippen molar-refractivity contribution in [2.45, 2.75) is 25.8 Å². The van der Waals surface area contributed by atoms with Gasteiger partial charge in [-0.15, -0.1) is 0 Å².